The van der Waals surface area contributed by atoms with Crippen molar-refractivity contribution in [3.63, 3.8) is 0 Å². The summed E-state index contributed by atoms with van der Waals surface area (Å²) in [4.78, 5) is 10.2. The number of hydrogen-bond donors (Lipinski definition) is 1. The highest BCUT2D eigenvalue weighted by Crippen LogP contribution is 2.06. The Kier molecular flexibility index (Phi) is 9.10. The lowest BCUT2D eigenvalue weighted by Crippen LogP contribution is -1.93. The first-order valence-electron chi connectivity index (χ1n) is 4.98. The first kappa shape index (κ1) is 12.4. The highest BCUT2D eigenvalue weighted by molar-refractivity contribution is 5.66. The maximum Gasteiger partial charge on any atom is 0.303 e. The molecule has 0 atom stereocenters. The van der Waals surface area contributed by atoms with Crippen molar-refractivity contribution in [3.8, 4) is 0 Å². The molecule has 0 aliphatic carbocycles. The van der Waals surface area contributed by atoms with Crippen molar-refractivity contribution in [2.75, 3.05) is 13.7 Å². The van der Waals surface area contributed by atoms with Crippen LogP contribution in [0.1, 0.15) is 44.9 Å². The summed E-state index contributed by atoms with van der Waals surface area (Å²) in [5, 5.41) is 8.37. The lowest BCUT2D eigenvalue weighted by Gasteiger charge is -1.99. The van der Waals surface area contributed by atoms with Crippen LogP contribution in [-0.4, -0.2) is 24.8 Å². The van der Waals surface area contributed by atoms with Gasteiger partial charge in [0.15, 0.2) is 0 Å². The maximum absolute atomic E-state index is 10.2. The van der Waals surface area contributed by atoms with Crippen molar-refractivity contribution < 1.29 is 14.6 Å². The summed E-state index contributed by atoms with van der Waals surface area (Å²) in [6, 6.07) is 0. The van der Waals surface area contributed by atoms with E-state index < -0.39 is 5.97 Å². The van der Waals surface area contributed by atoms with Crippen molar-refractivity contribution in [2.24, 2.45) is 0 Å². The van der Waals surface area contributed by atoms with Gasteiger partial charge in [0, 0.05) is 20.1 Å². The molecule has 0 fully saturated rings. The zero-order valence-corrected chi connectivity index (χ0v) is 8.42. The van der Waals surface area contributed by atoms with Crippen LogP contribution in [0.25, 0.3) is 0 Å². The lowest BCUT2D eigenvalue weighted by atomic mass is 10.1. The molecule has 0 unspecified atom stereocenters. The predicted octanol–water partition coefficient (Wildman–Crippen LogP) is 2.45. The monoisotopic (exact) mass is 188 g/mol. The second-order valence-electron chi connectivity index (χ2n) is 3.26. The Labute approximate surface area is 80.1 Å². The molecule has 0 rings (SSSR count). The highest BCUT2D eigenvalue weighted by Gasteiger charge is 1.96. The second kappa shape index (κ2) is 9.52. The molecule has 0 bridgehead atoms. The third-order valence-corrected chi connectivity index (χ3v) is 1.99. The number of unbranched alkanes of at least 4 members (excludes halogenated alkanes) is 5. The SMILES string of the molecule is COCCCCCCCCC(=O)O. The fraction of sp³-hybridized carbons (Fsp3) is 0.900. The zero-order chi connectivity index (χ0) is 9.94. The highest BCUT2D eigenvalue weighted by atomic mass is 16.5. The summed E-state index contributed by atoms with van der Waals surface area (Å²) in [6.45, 7) is 0.842. The van der Waals surface area contributed by atoms with E-state index >= 15 is 0 Å². The maximum atomic E-state index is 10.2. The minimum absolute atomic E-state index is 0.318. The number of ether oxygens (including phenoxy) is 1. The number of carbonyl (C=O) groups is 1. The van der Waals surface area contributed by atoms with Gasteiger partial charge in [0.25, 0.3) is 0 Å². The van der Waals surface area contributed by atoms with Crippen molar-refractivity contribution in [1.29, 1.82) is 0 Å². The number of carboxylic acids is 1. The summed E-state index contributed by atoms with van der Waals surface area (Å²) < 4.78 is 4.92. The van der Waals surface area contributed by atoms with Gasteiger partial charge in [-0.1, -0.05) is 25.7 Å². The van der Waals surface area contributed by atoms with Gasteiger partial charge in [-0.25, -0.2) is 0 Å². The van der Waals surface area contributed by atoms with Gasteiger partial charge in [0.2, 0.25) is 0 Å². The molecule has 13 heavy (non-hydrogen) atoms. The Morgan fingerprint density at radius 2 is 1.62 bits per heavy atom. The second-order valence-corrected chi connectivity index (χ2v) is 3.26. The summed E-state index contributed by atoms with van der Waals surface area (Å²) >= 11 is 0. The fourth-order valence-electron chi connectivity index (χ4n) is 1.23. The van der Waals surface area contributed by atoms with E-state index in [1.807, 2.05) is 0 Å². The molecule has 1 N–H and O–H groups in total. The number of carboxylic acid groups (broad SMARTS) is 1. The van der Waals surface area contributed by atoms with Crippen molar-refractivity contribution >= 4 is 5.97 Å². The Hall–Kier alpha value is -0.570. The van der Waals surface area contributed by atoms with Crippen LogP contribution >= 0.6 is 0 Å². The minimum atomic E-state index is -0.681. The standard InChI is InChI=1S/C10H20O3/c1-13-9-7-5-3-2-4-6-8-10(11)12/h2-9H2,1H3,(H,11,12). The number of hydrogen-bond acceptors (Lipinski definition) is 2. The van der Waals surface area contributed by atoms with E-state index in [-0.39, 0.29) is 0 Å². The van der Waals surface area contributed by atoms with Crippen LogP contribution in [0.5, 0.6) is 0 Å². The van der Waals surface area contributed by atoms with E-state index in [9.17, 15) is 4.79 Å². The van der Waals surface area contributed by atoms with Crippen LogP contribution in [0.3, 0.4) is 0 Å². The van der Waals surface area contributed by atoms with Crippen LogP contribution in [0.2, 0.25) is 0 Å². The van der Waals surface area contributed by atoms with Crippen LogP contribution in [-0.2, 0) is 9.53 Å². The molecule has 0 aromatic heterocycles. The molecular formula is C10H20O3. The van der Waals surface area contributed by atoms with Crippen molar-refractivity contribution in [2.45, 2.75) is 44.9 Å². The van der Waals surface area contributed by atoms with E-state index in [0.29, 0.717) is 6.42 Å². The Balaban J connectivity index is 2.87. The van der Waals surface area contributed by atoms with E-state index in [4.69, 9.17) is 9.84 Å². The Morgan fingerprint density at radius 3 is 2.15 bits per heavy atom. The topological polar surface area (TPSA) is 46.5 Å². The van der Waals surface area contributed by atoms with Gasteiger partial charge in [-0.3, -0.25) is 4.79 Å². The van der Waals surface area contributed by atoms with Crippen LogP contribution < -0.4 is 0 Å². The average molecular weight is 188 g/mol. The largest absolute Gasteiger partial charge is 0.481 e. The van der Waals surface area contributed by atoms with Gasteiger partial charge in [-0.05, 0) is 12.8 Å². The predicted molar refractivity (Wildman–Crippen MR) is 51.8 cm³/mol. The molecule has 0 aliphatic heterocycles. The van der Waals surface area contributed by atoms with Crippen LogP contribution in [0.15, 0.2) is 0 Å². The van der Waals surface area contributed by atoms with E-state index in [1.165, 1.54) is 12.8 Å². The minimum Gasteiger partial charge on any atom is -0.481 e. The Bertz CT molecular complexity index is 123. The lowest BCUT2D eigenvalue weighted by molar-refractivity contribution is -0.137. The quantitative estimate of drug-likeness (QED) is 0.565. The summed E-state index contributed by atoms with van der Waals surface area (Å²) in [7, 11) is 1.72. The number of methoxy groups -OCH3 is 1. The summed E-state index contributed by atoms with van der Waals surface area (Å²) in [5.74, 6) is -0.681. The smallest absolute Gasteiger partial charge is 0.303 e. The third-order valence-electron chi connectivity index (χ3n) is 1.99. The van der Waals surface area contributed by atoms with Crippen molar-refractivity contribution in [1.82, 2.24) is 0 Å². The summed E-state index contributed by atoms with van der Waals surface area (Å²) in [5.41, 5.74) is 0. The molecule has 3 nitrogen and oxygen atoms in total. The van der Waals surface area contributed by atoms with E-state index in [2.05, 4.69) is 0 Å². The molecule has 3 heteroatoms. The molecule has 0 aromatic carbocycles. The van der Waals surface area contributed by atoms with E-state index in [0.717, 1.165) is 32.3 Å². The normalized spacial score (nSPS) is 10.2. The molecule has 0 aromatic rings. The molecule has 0 amide bonds. The van der Waals surface area contributed by atoms with Crippen LogP contribution in [0, 0.1) is 0 Å². The molecule has 0 heterocycles. The third kappa shape index (κ3) is 11.4. The molecule has 0 saturated heterocycles. The molecule has 78 valence electrons. The molecular weight excluding hydrogens is 168 g/mol. The summed E-state index contributed by atoms with van der Waals surface area (Å²) in [6.07, 6.45) is 6.84. The Morgan fingerprint density at radius 1 is 1.08 bits per heavy atom. The molecule has 0 aliphatic rings. The fourth-order valence-corrected chi connectivity index (χ4v) is 1.23. The first-order chi connectivity index (χ1) is 6.27. The number of aliphatic carboxylic acids is 1. The molecule has 0 radical (unpaired) electrons. The van der Waals surface area contributed by atoms with Gasteiger partial charge in [0.05, 0.1) is 0 Å². The number of rotatable bonds is 9. The van der Waals surface area contributed by atoms with Gasteiger partial charge in [0.1, 0.15) is 0 Å². The van der Waals surface area contributed by atoms with Gasteiger partial charge in [-0.2, -0.15) is 0 Å². The first-order valence-corrected chi connectivity index (χ1v) is 4.98. The zero-order valence-electron chi connectivity index (χ0n) is 8.42. The van der Waals surface area contributed by atoms with Crippen LogP contribution in [0.4, 0.5) is 0 Å². The van der Waals surface area contributed by atoms with Gasteiger partial charge < -0.3 is 9.84 Å². The average Bonchev–Trinajstić information content (AvgIpc) is 2.09. The van der Waals surface area contributed by atoms with E-state index in [1.54, 1.807) is 7.11 Å². The molecule has 0 saturated carbocycles. The molecule has 0 spiro atoms. The van der Waals surface area contributed by atoms with Gasteiger partial charge >= 0.3 is 5.97 Å². The van der Waals surface area contributed by atoms with Crippen molar-refractivity contribution in [3.05, 3.63) is 0 Å². The van der Waals surface area contributed by atoms with Gasteiger partial charge in [-0.15, -0.1) is 0 Å².